The maximum atomic E-state index is 12.6. The van der Waals surface area contributed by atoms with Crippen LogP contribution in [0.3, 0.4) is 0 Å². The molecule has 0 bridgehead atoms. The molecule has 0 heterocycles. The molecule has 5 N–H and O–H groups in total. The lowest BCUT2D eigenvalue weighted by Gasteiger charge is -2.36. The monoisotopic (exact) mass is 412 g/mol. The van der Waals surface area contributed by atoms with Crippen molar-refractivity contribution in [3.05, 3.63) is 39.3 Å². The molecule has 8 nitrogen and oxygen atoms in total. The number of aldehydes is 1. The summed E-state index contributed by atoms with van der Waals surface area (Å²) < 4.78 is 5.16. The smallest absolute Gasteiger partial charge is 0.170 e. The van der Waals surface area contributed by atoms with Gasteiger partial charge in [0.25, 0.3) is 0 Å². The number of hydrogen-bond acceptors (Lipinski definition) is 8. The number of phenolic OH excluding ortho intramolecular Hbond substituents is 2. The zero-order chi connectivity index (χ0) is 21.4. The molecule has 1 aromatic carbocycles. The number of Topliss-reactive ketones (excluding diaryl/α,β-unsaturated/α-hetero) is 1. The lowest BCUT2D eigenvalue weighted by Crippen LogP contribution is -2.45. The van der Waals surface area contributed by atoms with Gasteiger partial charge in [-0.1, -0.05) is 18.5 Å². The number of aromatic hydroxyl groups is 2. The van der Waals surface area contributed by atoms with Crippen molar-refractivity contribution in [2.24, 2.45) is 0 Å². The summed E-state index contributed by atoms with van der Waals surface area (Å²) in [6, 6.07) is 0. The van der Waals surface area contributed by atoms with Crippen molar-refractivity contribution in [2.45, 2.75) is 38.2 Å². The van der Waals surface area contributed by atoms with E-state index in [-0.39, 0.29) is 29.6 Å². The van der Waals surface area contributed by atoms with E-state index in [1.54, 1.807) is 6.92 Å². The number of carbonyl (C=O) groups excluding carboxylic acids is 2. The van der Waals surface area contributed by atoms with Crippen LogP contribution in [0.5, 0.6) is 17.2 Å². The topological polar surface area (TPSA) is 145 Å². The molecule has 0 amide bonds. The molecule has 0 spiro atoms. The third-order valence-electron chi connectivity index (χ3n) is 4.80. The van der Waals surface area contributed by atoms with Crippen LogP contribution >= 0.6 is 11.6 Å². The number of halogens is 1. The molecule has 9 heteroatoms. The highest BCUT2D eigenvalue weighted by molar-refractivity contribution is 6.32. The Morgan fingerprint density at radius 1 is 1.29 bits per heavy atom. The maximum Gasteiger partial charge on any atom is 0.170 e. The number of hydrogen-bond donors (Lipinski definition) is 5. The number of rotatable bonds is 6. The van der Waals surface area contributed by atoms with Gasteiger partial charge >= 0.3 is 0 Å². The molecule has 0 saturated carbocycles. The number of carbonyl (C=O) groups is 2. The van der Waals surface area contributed by atoms with Crippen molar-refractivity contribution in [3.8, 4) is 17.2 Å². The molecule has 28 heavy (non-hydrogen) atoms. The Kier molecular flexibility index (Phi) is 5.96. The average Bonchev–Trinajstić information content (AvgIpc) is 2.65. The SMILES string of the molecule is CCCC(=O)c1c(O)c(C2(C=O)C(O)=C(Cl)C(O)=CC2O)c(O)c(C)c1OC. The Hall–Kier alpha value is -2.71. The minimum absolute atomic E-state index is 0.00544. The second-order valence-electron chi connectivity index (χ2n) is 6.42. The van der Waals surface area contributed by atoms with Crippen molar-refractivity contribution in [1.82, 2.24) is 0 Å². The van der Waals surface area contributed by atoms with E-state index in [0.717, 1.165) is 6.08 Å². The van der Waals surface area contributed by atoms with Gasteiger partial charge in [0.15, 0.2) is 5.78 Å². The van der Waals surface area contributed by atoms with E-state index >= 15 is 0 Å². The van der Waals surface area contributed by atoms with Crippen molar-refractivity contribution in [3.63, 3.8) is 0 Å². The van der Waals surface area contributed by atoms with E-state index in [2.05, 4.69) is 0 Å². The standard InChI is InChI=1S/C19H21ClO8/c1-4-5-9(22)12-16(26)13(15(25)8(2)17(12)28-3)19(7-21)11(24)6-10(23)14(20)18(19)27/h6-7,11,23-27H,4-5H2,1-3H3. The van der Waals surface area contributed by atoms with E-state index in [9.17, 15) is 35.1 Å². The number of aliphatic hydroxyl groups is 3. The quantitative estimate of drug-likeness (QED) is 0.354. The molecule has 152 valence electrons. The summed E-state index contributed by atoms with van der Waals surface area (Å²) in [5, 5.41) is 51.6. The van der Waals surface area contributed by atoms with Crippen LogP contribution in [-0.4, -0.2) is 50.8 Å². The van der Waals surface area contributed by atoms with Crippen LogP contribution in [0.25, 0.3) is 0 Å². The molecule has 2 rings (SSSR count). The first-order valence-corrected chi connectivity index (χ1v) is 8.78. The Labute approximate surface area is 166 Å². The molecular weight excluding hydrogens is 392 g/mol. The molecule has 0 fully saturated rings. The number of aliphatic hydroxyl groups excluding tert-OH is 3. The molecule has 1 aliphatic rings. The third kappa shape index (κ3) is 2.89. The first-order chi connectivity index (χ1) is 13.1. The minimum atomic E-state index is -2.45. The summed E-state index contributed by atoms with van der Waals surface area (Å²) >= 11 is 5.84. The van der Waals surface area contributed by atoms with Crippen LogP contribution in [0, 0.1) is 6.92 Å². The highest BCUT2D eigenvalue weighted by Crippen LogP contribution is 2.52. The minimum Gasteiger partial charge on any atom is -0.509 e. The van der Waals surface area contributed by atoms with Crippen LogP contribution in [0.2, 0.25) is 0 Å². The van der Waals surface area contributed by atoms with Gasteiger partial charge in [0.2, 0.25) is 0 Å². The maximum absolute atomic E-state index is 12.6. The van der Waals surface area contributed by atoms with Crippen molar-refractivity contribution in [2.75, 3.05) is 7.11 Å². The summed E-state index contributed by atoms with van der Waals surface area (Å²) in [6.45, 7) is 3.12. The molecule has 0 aromatic heterocycles. The van der Waals surface area contributed by atoms with Crippen LogP contribution in [-0.2, 0) is 10.2 Å². The molecule has 1 aliphatic carbocycles. The predicted molar refractivity (Wildman–Crippen MR) is 100 cm³/mol. The normalized spacial score (nSPS) is 22.0. The lowest BCUT2D eigenvalue weighted by molar-refractivity contribution is -0.115. The van der Waals surface area contributed by atoms with E-state index in [1.807, 2.05) is 0 Å². The fraction of sp³-hybridized carbons (Fsp3) is 0.368. The summed E-state index contributed by atoms with van der Waals surface area (Å²) in [5.74, 6) is -3.82. The van der Waals surface area contributed by atoms with Crippen LogP contribution in [0.4, 0.5) is 0 Å². The van der Waals surface area contributed by atoms with E-state index in [0.29, 0.717) is 6.42 Å². The van der Waals surface area contributed by atoms with Gasteiger partial charge in [-0.2, -0.15) is 0 Å². The second kappa shape index (κ2) is 7.73. The Morgan fingerprint density at radius 2 is 1.89 bits per heavy atom. The van der Waals surface area contributed by atoms with E-state index in [4.69, 9.17) is 16.3 Å². The van der Waals surface area contributed by atoms with Gasteiger partial charge in [-0.3, -0.25) is 4.79 Å². The van der Waals surface area contributed by atoms with Gasteiger partial charge in [0.1, 0.15) is 51.1 Å². The largest absolute Gasteiger partial charge is 0.509 e. The van der Waals surface area contributed by atoms with Gasteiger partial charge in [-0.05, 0) is 19.4 Å². The Balaban J connectivity index is 3.00. The fourth-order valence-electron chi connectivity index (χ4n) is 3.33. The molecule has 0 saturated heterocycles. The van der Waals surface area contributed by atoms with Crippen molar-refractivity contribution < 1.29 is 39.9 Å². The third-order valence-corrected chi connectivity index (χ3v) is 5.17. The van der Waals surface area contributed by atoms with Crippen molar-refractivity contribution in [1.29, 1.82) is 0 Å². The fourth-order valence-corrected chi connectivity index (χ4v) is 3.55. The summed E-state index contributed by atoms with van der Waals surface area (Å²) in [6.07, 6.45) is -0.555. The van der Waals surface area contributed by atoms with Gasteiger partial charge in [0.05, 0.1) is 18.8 Å². The molecule has 0 radical (unpaired) electrons. The van der Waals surface area contributed by atoms with Gasteiger partial charge in [-0.25, -0.2) is 0 Å². The molecule has 0 aliphatic heterocycles. The van der Waals surface area contributed by atoms with Crippen LogP contribution in [0.15, 0.2) is 22.6 Å². The Morgan fingerprint density at radius 3 is 2.39 bits per heavy atom. The average molecular weight is 413 g/mol. The summed E-state index contributed by atoms with van der Waals surface area (Å²) in [5.41, 5.74) is -3.36. The van der Waals surface area contributed by atoms with Crippen LogP contribution in [0.1, 0.15) is 41.3 Å². The number of ketones is 1. The first kappa shape index (κ1) is 21.6. The van der Waals surface area contributed by atoms with E-state index < -0.39 is 50.9 Å². The number of ether oxygens (including phenoxy) is 1. The Bertz CT molecular complexity index is 902. The number of methoxy groups -OCH3 is 1. The van der Waals surface area contributed by atoms with Crippen LogP contribution < -0.4 is 4.74 Å². The van der Waals surface area contributed by atoms with Gasteiger partial charge in [0, 0.05) is 12.0 Å². The zero-order valence-electron chi connectivity index (χ0n) is 15.5. The number of benzene rings is 1. The molecule has 2 atom stereocenters. The van der Waals surface area contributed by atoms with Gasteiger partial charge < -0.3 is 35.1 Å². The second-order valence-corrected chi connectivity index (χ2v) is 6.80. The first-order valence-electron chi connectivity index (χ1n) is 8.40. The van der Waals surface area contributed by atoms with E-state index in [1.165, 1.54) is 14.0 Å². The van der Waals surface area contributed by atoms with Gasteiger partial charge in [-0.15, -0.1) is 0 Å². The zero-order valence-corrected chi connectivity index (χ0v) is 16.2. The number of phenols is 2. The molecule has 1 aromatic rings. The summed E-state index contributed by atoms with van der Waals surface area (Å²) in [4.78, 5) is 24.7. The predicted octanol–water partition coefficient (Wildman–Crippen LogP) is 2.66. The van der Waals surface area contributed by atoms with Crippen molar-refractivity contribution >= 4 is 23.7 Å². The molecular formula is C19H21ClO8. The lowest BCUT2D eigenvalue weighted by atomic mass is 9.70. The highest BCUT2D eigenvalue weighted by Gasteiger charge is 2.52. The summed E-state index contributed by atoms with van der Waals surface area (Å²) in [7, 11) is 1.24. The molecule has 2 unspecified atom stereocenters. The highest BCUT2D eigenvalue weighted by atomic mass is 35.5. The number of allylic oxidation sites excluding steroid dienone is 1.